The summed E-state index contributed by atoms with van der Waals surface area (Å²) in [5.41, 5.74) is 2.94. The molecule has 0 spiro atoms. The fourth-order valence-corrected chi connectivity index (χ4v) is 3.79. The summed E-state index contributed by atoms with van der Waals surface area (Å²) in [5, 5.41) is 7.74. The van der Waals surface area contributed by atoms with Gasteiger partial charge in [0.2, 0.25) is 5.88 Å². The molecule has 156 valence electrons. The minimum Gasteiger partial charge on any atom is -0.486 e. The summed E-state index contributed by atoms with van der Waals surface area (Å²) in [7, 11) is 0. The number of nitrogens with one attached hydrogen (secondary N) is 1. The van der Waals surface area contributed by atoms with E-state index < -0.39 is 5.82 Å². The number of nitrogens with zero attached hydrogens (tertiary/aromatic N) is 5. The zero-order valence-corrected chi connectivity index (χ0v) is 16.9. The number of ether oxygens (including phenoxy) is 2. The summed E-state index contributed by atoms with van der Waals surface area (Å²) in [6.07, 6.45) is 5.38. The van der Waals surface area contributed by atoms with Gasteiger partial charge in [0.25, 0.3) is 0 Å². The van der Waals surface area contributed by atoms with E-state index in [1.807, 2.05) is 20.0 Å². The molecule has 9 heteroatoms. The summed E-state index contributed by atoms with van der Waals surface area (Å²) in [4.78, 5) is 11.2. The maximum Gasteiger partial charge on any atom is 0.218 e. The van der Waals surface area contributed by atoms with E-state index in [-0.39, 0.29) is 12.1 Å². The van der Waals surface area contributed by atoms with E-state index in [1.54, 1.807) is 10.7 Å². The number of pyridine rings is 1. The smallest absolute Gasteiger partial charge is 0.218 e. The van der Waals surface area contributed by atoms with Crippen LogP contribution in [0.5, 0.6) is 11.6 Å². The number of aromatic nitrogens is 4. The minimum absolute atomic E-state index is 0.0293. The van der Waals surface area contributed by atoms with Gasteiger partial charge in [0.05, 0.1) is 42.8 Å². The molecule has 1 unspecified atom stereocenters. The molecule has 0 saturated carbocycles. The quantitative estimate of drug-likeness (QED) is 0.611. The molecular weight excluding hydrogens is 387 g/mol. The van der Waals surface area contributed by atoms with Crippen molar-refractivity contribution in [1.82, 2.24) is 24.9 Å². The van der Waals surface area contributed by atoms with Crippen molar-refractivity contribution >= 4 is 17.2 Å². The van der Waals surface area contributed by atoms with Gasteiger partial charge in [0, 0.05) is 24.2 Å². The van der Waals surface area contributed by atoms with Crippen molar-refractivity contribution in [2.45, 2.75) is 39.0 Å². The molecule has 0 aliphatic carbocycles. The van der Waals surface area contributed by atoms with Gasteiger partial charge in [-0.25, -0.2) is 18.9 Å². The van der Waals surface area contributed by atoms with Gasteiger partial charge in [0.15, 0.2) is 17.2 Å². The zero-order chi connectivity index (χ0) is 20.8. The first-order valence-corrected chi connectivity index (χ1v) is 10.0. The molecule has 3 aromatic rings. The highest BCUT2D eigenvalue weighted by atomic mass is 19.1. The van der Waals surface area contributed by atoms with Crippen LogP contribution in [-0.2, 0) is 6.54 Å². The van der Waals surface area contributed by atoms with Crippen LogP contribution in [-0.4, -0.2) is 44.9 Å². The van der Waals surface area contributed by atoms with Gasteiger partial charge in [-0.3, -0.25) is 0 Å². The first-order valence-electron chi connectivity index (χ1n) is 10.0. The second kappa shape index (κ2) is 7.16. The predicted molar refractivity (Wildman–Crippen MR) is 110 cm³/mol. The molecule has 8 nitrogen and oxygen atoms in total. The Balaban J connectivity index is 1.67. The number of hydrogen-bond donors (Lipinski definition) is 1. The van der Waals surface area contributed by atoms with Crippen molar-refractivity contribution in [3.05, 3.63) is 48.2 Å². The summed E-state index contributed by atoms with van der Waals surface area (Å²) < 4.78 is 27.7. The first kappa shape index (κ1) is 18.7. The molecule has 30 heavy (non-hydrogen) atoms. The Hall–Kier alpha value is -3.36. The lowest BCUT2D eigenvalue weighted by molar-refractivity contribution is 0.200. The molecule has 0 radical (unpaired) electrons. The molecule has 5 rings (SSSR count). The molecular formula is C21H23FN6O2. The average Bonchev–Trinajstić information content (AvgIpc) is 3.13. The van der Waals surface area contributed by atoms with E-state index in [2.05, 4.69) is 26.9 Å². The maximum atomic E-state index is 14.0. The Morgan fingerprint density at radius 2 is 2.17 bits per heavy atom. The Kier molecular flexibility index (Phi) is 4.45. The second-order valence-corrected chi connectivity index (χ2v) is 7.78. The largest absolute Gasteiger partial charge is 0.486 e. The lowest BCUT2D eigenvalue weighted by Crippen LogP contribution is -2.41. The van der Waals surface area contributed by atoms with Crippen LogP contribution in [0.1, 0.15) is 31.4 Å². The van der Waals surface area contributed by atoms with Gasteiger partial charge in [-0.1, -0.05) is 6.58 Å². The van der Waals surface area contributed by atoms with Crippen molar-refractivity contribution in [2.75, 3.05) is 18.1 Å². The van der Waals surface area contributed by atoms with Gasteiger partial charge in [0.1, 0.15) is 12.4 Å². The van der Waals surface area contributed by atoms with Crippen LogP contribution < -0.4 is 19.7 Å². The Bertz CT molecular complexity index is 1130. The molecule has 2 bridgehead atoms. The number of rotatable bonds is 0. The molecule has 2 aliphatic heterocycles. The highest BCUT2D eigenvalue weighted by Crippen LogP contribution is 2.35. The Morgan fingerprint density at radius 1 is 1.30 bits per heavy atom. The summed E-state index contributed by atoms with van der Waals surface area (Å²) >= 11 is 0. The van der Waals surface area contributed by atoms with Crippen LogP contribution >= 0.6 is 0 Å². The van der Waals surface area contributed by atoms with E-state index in [1.165, 1.54) is 12.3 Å². The lowest BCUT2D eigenvalue weighted by Gasteiger charge is -2.36. The third-order valence-corrected chi connectivity index (χ3v) is 5.48. The highest BCUT2D eigenvalue weighted by molar-refractivity contribution is 5.75. The number of hydrogen-bond acceptors (Lipinski definition) is 7. The van der Waals surface area contributed by atoms with Crippen LogP contribution in [0.15, 0.2) is 31.2 Å². The molecule has 0 fully saturated rings. The fourth-order valence-electron chi connectivity index (χ4n) is 3.79. The van der Waals surface area contributed by atoms with Crippen LogP contribution in [0.3, 0.4) is 0 Å². The topological polar surface area (TPSA) is 76.8 Å². The maximum absolute atomic E-state index is 14.0. The predicted octanol–water partition coefficient (Wildman–Crippen LogP) is 2.78. The molecule has 5 heterocycles. The Morgan fingerprint density at radius 3 is 3.03 bits per heavy atom. The number of anilines is 1. The molecule has 2 aliphatic rings. The third kappa shape index (κ3) is 3.20. The van der Waals surface area contributed by atoms with E-state index >= 15 is 0 Å². The zero-order valence-electron chi connectivity index (χ0n) is 16.9. The van der Waals surface area contributed by atoms with E-state index in [9.17, 15) is 4.39 Å². The van der Waals surface area contributed by atoms with Gasteiger partial charge in [-0.15, -0.1) is 0 Å². The van der Waals surface area contributed by atoms with Crippen LogP contribution in [0, 0.1) is 5.82 Å². The summed E-state index contributed by atoms with van der Waals surface area (Å²) in [6.45, 7) is 9.71. The monoisotopic (exact) mass is 410 g/mol. The number of fused-ring (bicyclic) bond motifs is 1. The average molecular weight is 410 g/mol. The fraction of sp³-hybridized carbons (Fsp3) is 0.381. The van der Waals surface area contributed by atoms with Crippen LogP contribution in [0.2, 0.25) is 0 Å². The van der Waals surface area contributed by atoms with E-state index in [4.69, 9.17) is 14.5 Å². The van der Waals surface area contributed by atoms with Crippen LogP contribution in [0.25, 0.3) is 11.3 Å². The normalized spacial score (nSPS) is 21.4. The molecule has 3 aromatic heterocycles. The van der Waals surface area contributed by atoms with Crippen molar-refractivity contribution in [3.8, 4) is 11.6 Å². The second-order valence-electron chi connectivity index (χ2n) is 7.78. The molecule has 2 atom stereocenters. The molecule has 0 aromatic carbocycles. The Labute approximate surface area is 173 Å². The minimum atomic E-state index is -0.397. The van der Waals surface area contributed by atoms with Crippen LogP contribution in [0.4, 0.5) is 10.2 Å². The van der Waals surface area contributed by atoms with Crippen molar-refractivity contribution in [2.24, 2.45) is 0 Å². The van der Waals surface area contributed by atoms with E-state index in [0.29, 0.717) is 48.4 Å². The highest BCUT2D eigenvalue weighted by Gasteiger charge is 2.29. The summed E-state index contributed by atoms with van der Waals surface area (Å²) in [6, 6.07) is 1.51. The molecule has 0 saturated heterocycles. The van der Waals surface area contributed by atoms with Crippen molar-refractivity contribution < 1.29 is 13.9 Å². The van der Waals surface area contributed by atoms with Gasteiger partial charge in [-0.2, -0.15) is 5.10 Å². The third-order valence-electron chi connectivity index (χ3n) is 5.48. The lowest BCUT2D eigenvalue weighted by atomic mass is 10.1. The molecule has 1 N–H and O–H groups in total. The van der Waals surface area contributed by atoms with Crippen molar-refractivity contribution in [1.29, 1.82) is 0 Å². The van der Waals surface area contributed by atoms with Gasteiger partial charge < -0.3 is 19.7 Å². The van der Waals surface area contributed by atoms with Gasteiger partial charge >= 0.3 is 0 Å². The SMILES string of the molecule is C=C1NCCC(C)Oc2ncc(F)cc2CN2c3nc4c1cnn4cc3OC[C@H]2C. The van der Waals surface area contributed by atoms with Gasteiger partial charge in [-0.05, 0) is 19.9 Å². The van der Waals surface area contributed by atoms with Crippen molar-refractivity contribution in [3.63, 3.8) is 0 Å². The summed E-state index contributed by atoms with van der Waals surface area (Å²) in [5.74, 6) is 1.34. The number of halogens is 1. The van der Waals surface area contributed by atoms with E-state index in [0.717, 1.165) is 17.7 Å². The first-order chi connectivity index (χ1) is 14.5. The standard InChI is InChI=1S/C21H23FN6O2/c1-12-11-29-18-10-28-19-17(8-25-28)14(3)23-5-4-13(2)30-21-15(6-16(22)7-24-21)9-27(12)20(18)26-19/h6-8,10,12-13,23H,3-5,9,11H2,1-2H3/t12-,13?/m1/s1. The molecule has 0 amide bonds.